The van der Waals surface area contributed by atoms with Crippen molar-refractivity contribution in [1.82, 2.24) is 0 Å². The molecular weight excluding hydrogens is 258 g/mol. The Balaban J connectivity index is 2.10. The van der Waals surface area contributed by atoms with E-state index in [4.69, 9.17) is 11.6 Å². The van der Waals surface area contributed by atoms with Gasteiger partial charge in [-0.2, -0.15) is 0 Å². The zero-order valence-corrected chi connectivity index (χ0v) is 11.8. The van der Waals surface area contributed by atoms with Gasteiger partial charge in [0.25, 0.3) is 0 Å². The van der Waals surface area contributed by atoms with Crippen LogP contribution < -0.4 is 5.32 Å². The van der Waals surface area contributed by atoms with Crippen LogP contribution >= 0.6 is 11.6 Å². The van der Waals surface area contributed by atoms with E-state index >= 15 is 0 Å². The van der Waals surface area contributed by atoms with Crippen LogP contribution in [0.5, 0.6) is 0 Å². The lowest BCUT2D eigenvalue weighted by Crippen LogP contribution is -2.16. The highest BCUT2D eigenvalue weighted by atomic mass is 35.5. The number of rotatable bonds is 3. The number of nitrogens with one attached hydrogen (secondary N) is 1. The maximum Gasteiger partial charge on any atom is 0.228 e. The Morgan fingerprint density at radius 1 is 1.11 bits per heavy atom. The molecule has 1 amide bonds. The van der Waals surface area contributed by atoms with Crippen molar-refractivity contribution in [2.75, 3.05) is 5.32 Å². The first-order valence-corrected chi connectivity index (χ1v) is 6.54. The number of hydrogen-bond donors (Lipinski definition) is 1. The van der Waals surface area contributed by atoms with E-state index in [2.05, 4.69) is 5.32 Å². The normalized spacial score (nSPS) is 10.3. The molecule has 2 rings (SSSR count). The van der Waals surface area contributed by atoms with Crippen LogP contribution in [-0.4, -0.2) is 5.91 Å². The summed E-state index contributed by atoms with van der Waals surface area (Å²) >= 11 is 5.91. The molecule has 98 valence electrons. The maximum absolute atomic E-state index is 12.0. The predicted molar refractivity (Wildman–Crippen MR) is 79.7 cm³/mol. The lowest BCUT2D eigenvalue weighted by molar-refractivity contribution is -0.115. The quantitative estimate of drug-likeness (QED) is 0.895. The zero-order chi connectivity index (χ0) is 13.8. The molecule has 0 aliphatic heterocycles. The van der Waals surface area contributed by atoms with E-state index in [9.17, 15) is 4.79 Å². The summed E-state index contributed by atoms with van der Waals surface area (Å²) in [5.41, 5.74) is 3.95. The Morgan fingerprint density at radius 3 is 2.37 bits per heavy atom. The summed E-state index contributed by atoms with van der Waals surface area (Å²) in [4.78, 5) is 12.0. The summed E-state index contributed by atoms with van der Waals surface area (Å²) in [6, 6.07) is 13.3. The fourth-order valence-electron chi connectivity index (χ4n) is 2.03. The second-order valence-corrected chi connectivity index (χ2v) is 5.06. The van der Waals surface area contributed by atoms with E-state index in [-0.39, 0.29) is 5.91 Å². The van der Waals surface area contributed by atoms with E-state index in [0.29, 0.717) is 11.4 Å². The Hall–Kier alpha value is -1.80. The van der Waals surface area contributed by atoms with Gasteiger partial charge in [0.05, 0.1) is 6.42 Å². The molecule has 0 saturated carbocycles. The third-order valence-corrected chi connectivity index (χ3v) is 3.23. The van der Waals surface area contributed by atoms with Gasteiger partial charge in [-0.25, -0.2) is 0 Å². The van der Waals surface area contributed by atoms with Crippen LogP contribution in [0.1, 0.15) is 16.7 Å². The molecule has 0 aromatic heterocycles. The number of aryl methyl sites for hydroxylation is 2. The molecule has 0 aliphatic rings. The Morgan fingerprint density at radius 2 is 1.74 bits per heavy atom. The Labute approximate surface area is 118 Å². The summed E-state index contributed by atoms with van der Waals surface area (Å²) in [5.74, 6) is -0.0281. The van der Waals surface area contributed by atoms with Crippen LogP contribution in [0.2, 0.25) is 5.02 Å². The topological polar surface area (TPSA) is 29.1 Å². The summed E-state index contributed by atoms with van der Waals surface area (Å²) < 4.78 is 0. The summed E-state index contributed by atoms with van der Waals surface area (Å²) in [5, 5.41) is 3.61. The van der Waals surface area contributed by atoms with Crippen molar-refractivity contribution in [2.24, 2.45) is 0 Å². The molecular formula is C16H16ClNO. The third-order valence-electron chi connectivity index (χ3n) is 3.00. The molecule has 1 N–H and O–H groups in total. The lowest BCUT2D eigenvalue weighted by atomic mass is 10.1. The lowest BCUT2D eigenvalue weighted by Gasteiger charge is -2.11. The van der Waals surface area contributed by atoms with Crippen molar-refractivity contribution in [3.8, 4) is 0 Å². The standard InChI is InChI=1S/C16H16ClNO/c1-11-5-3-6-12(2)16(11)18-15(19)10-13-7-4-8-14(17)9-13/h3-9H,10H2,1-2H3,(H,18,19). The largest absolute Gasteiger partial charge is 0.325 e. The first kappa shape index (κ1) is 13.6. The number of carbonyl (C=O) groups excluding carboxylic acids is 1. The van der Waals surface area contributed by atoms with Crippen molar-refractivity contribution >= 4 is 23.2 Å². The summed E-state index contributed by atoms with van der Waals surface area (Å²) in [7, 11) is 0. The summed E-state index contributed by atoms with van der Waals surface area (Å²) in [6.45, 7) is 3.98. The van der Waals surface area contributed by atoms with Gasteiger partial charge in [0.15, 0.2) is 0 Å². The highest BCUT2D eigenvalue weighted by Gasteiger charge is 2.08. The number of hydrogen-bond acceptors (Lipinski definition) is 1. The fraction of sp³-hybridized carbons (Fsp3) is 0.188. The number of benzene rings is 2. The highest BCUT2D eigenvalue weighted by molar-refractivity contribution is 6.30. The maximum atomic E-state index is 12.0. The number of halogens is 1. The minimum absolute atomic E-state index is 0.0281. The molecule has 0 atom stereocenters. The van der Waals surface area contributed by atoms with Gasteiger partial charge in [-0.1, -0.05) is 41.9 Å². The molecule has 2 aromatic carbocycles. The van der Waals surface area contributed by atoms with Gasteiger partial charge in [0.2, 0.25) is 5.91 Å². The Bertz CT molecular complexity index is 587. The van der Waals surface area contributed by atoms with Crippen molar-refractivity contribution < 1.29 is 4.79 Å². The number of anilines is 1. The molecule has 2 nitrogen and oxygen atoms in total. The molecule has 0 aliphatic carbocycles. The van der Waals surface area contributed by atoms with Crippen LogP contribution in [-0.2, 0) is 11.2 Å². The van der Waals surface area contributed by atoms with Crippen LogP contribution in [0.25, 0.3) is 0 Å². The monoisotopic (exact) mass is 273 g/mol. The van der Waals surface area contributed by atoms with E-state index in [1.165, 1.54) is 0 Å². The molecule has 0 spiro atoms. The molecule has 0 fully saturated rings. The SMILES string of the molecule is Cc1cccc(C)c1NC(=O)Cc1cccc(Cl)c1. The highest BCUT2D eigenvalue weighted by Crippen LogP contribution is 2.20. The van der Waals surface area contributed by atoms with Crippen molar-refractivity contribution in [1.29, 1.82) is 0 Å². The van der Waals surface area contributed by atoms with Gasteiger partial charge < -0.3 is 5.32 Å². The molecule has 0 radical (unpaired) electrons. The average molecular weight is 274 g/mol. The minimum Gasteiger partial charge on any atom is -0.325 e. The van der Waals surface area contributed by atoms with Gasteiger partial charge in [-0.05, 0) is 42.7 Å². The number of para-hydroxylation sites is 1. The van der Waals surface area contributed by atoms with Crippen molar-refractivity contribution in [2.45, 2.75) is 20.3 Å². The van der Waals surface area contributed by atoms with Gasteiger partial charge in [0, 0.05) is 10.7 Å². The van der Waals surface area contributed by atoms with Crippen LogP contribution in [0, 0.1) is 13.8 Å². The van der Waals surface area contributed by atoms with Crippen LogP contribution in [0.4, 0.5) is 5.69 Å². The molecule has 0 heterocycles. The number of amides is 1. The van der Waals surface area contributed by atoms with E-state index < -0.39 is 0 Å². The fourth-order valence-corrected chi connectivity index (χ4v) is 2.24. The van der Waals surface area contributed by atoms with E-state index in [0.717, 1.165) is 22.4 Å². The second kappa shape index (κ2) is 5.89. The van der Waals surface area contributed by atoms with Crippen molar-refractivity contribution in [3.05, 3.63) is 64.2 Å². The molecule has 0 saturated heterocycles. The number of carbonyl (C=O) groups is 1. The third kappa shape index (κ3) is 3.58. The van der Waals surface area contributed by atoms with Gasteiger partial charge in [0.1, 0.15) is 0 Å². The predicted octanol–water partition coefficient (Wildman–Crippen LogP) is 4.14. The van der Waals surface area contributed by atoms with E-state index in [1.807, 2.05) is 50.2 Å². The minimum atomic E-state index is -0.0281. The van der Waals surface area contributed by atoms with Gasteiger partial charge in [-0.3, -0.25) is 4.79 Å². The van der Waals surface area contributed by atoms with Crippen molar-refractivity contribution in [3.63, 3.8) is 0 Å². The zero-order valence-electron chi connectivity index (χ0n) is 11.0. The summed E-state index contributed by atoms with van der Waals surface area (Å²) in [6.07, 6.45) is 0.328. The van der Waals surface area contributed by atoms with Gasteiger partial charge >= 0.3 is 0 Å². The van der Waals surface area contributed by atoms with Crippen LogP contribution in [0.3, 0.4) is 0 Å². The van der Waals surface area contributed by atoms with E-state index in [1.54, 1.807) is 6.07 Å². The van der Waals surface area contributed by atoms with Crippen LogP contribution in [0.15, 0.2) is 42.5 Å². The molecule has 2 aromatic rings. The van der Waals surface area contributed by atoms with Gasteiger partial charge in [-0.15, -0.1) is 0 Å². The molecule has 0 unspecified atom stereocenters. The second-order valence-electron chi connectivity index (χ2n) is 4.62. The first-order chi connectivity index (χ1) is 9.06. The smallest absolute Gasteiger partial charge is 0.228 e. The molecule has 3 heteroatoms. The molecule has 19 heavy (non-hydrogen) atoms. The average Bonchev–Trinajstić information content (AvgIpc) is 2.34. The Kier molecular flexibility index (Phi) is 4.23. The molecule has 0 bridgehead atoms. The first-order valence-electron chi connectivity index (χ1n) is 6.17.